The molecule has 2 rings (SSSR count). The average Bonchev–Trinajstić information content (AvgIpc) is 2.90. The zero-order valence-electron chi connectivity index (χ0n) is 15.2. The van der Waals surface area contributed by atoms with Gasteiger partial charge in [0.1, 0.15) is 6.54 Å². The summed E-state index contributed by atoms with van der Waals surface area (Å²) in [6.07, 6.45) is 0.976. The Morgan fingerprint density at radius 1 is 1.25 bits per heavy atom. The van der Waals surface area contributed by atoms with Crippen molar-refractivity contribution in [1.29, 1.82) is 0 Å². The summed E-state index contributed by atoms with van der Waals surface area (Å²) < 4.78 is 1.80. The lowest BCUT2D eigenvalue weighted by Gasteiger charge is -2.16. The second-order valence-electron chi connectivity index (χ2n) is 6.45. The number of nitrogens with one attached hydrogen (secondary N) is 2. The van der Waals surface area contributed by atoms with Gasteiger partial charge < -0.3 is 10.2 Å². The maximum atomic E-state index is 12.4. The van der Waals surface area contributed by atoms with E-state index in [1.54, 1.807) is 4.68 Å². The predicted octanol–water partition coefficient (Wildman–Crippen LogP) is 0.662. The molecule has 0 aliphatic rings. The maximum Gasteiger partial charge on any atom is 0.279 e. The first-order valence-corrected chi connectivity index (χ1v) is 8.34. The van der Waals surface area contributed by atoms with E-state index in [9.17, 15) is 4.79 Å². The molecule has 7 heteroatoms. The molecule has 1 aromatic heterocycles. The highest BCUT2D eigenvalue weighted by Crippen LogP contribution is 2.21. The fourth-order valence-electron chi connectivity index (χ4n) is 2.90. The number of carbonyl (C=O) groups is 1. The van der Waals surface area contributed by atoms with Gasteiger partial charge in [0.25, 0.3) is 5.91 Å². The van der Waals surface area contributed by atoms with Crippen LogP contribution >= 0.6 is 0 Å². The lowest BCUT2D eigenvalue weighted by Crippen LogP contribution is -3.08. The van der Waals surface area contributed by atoms with Crippen molar-refractivity contribution in [3.05, 3.63) is 34.6 Å². The van der Waals surface area contributed by atoms with Crippen molar-refractivity contribution in [2.75, 3.05) is 18.9 Å². The second-order valence-corrected chi connectivity index (χ2v) is 6.45. The van der Waals surface area contributed by atoms with Gasteiger partial charge in [-0.05, 0) is 48.7 Å². The maximum absolute atomic E-state index is 12.4. The first kappa shape index (κ1) is 18.1. The molecule has 0 saturated heterocycles. The van der Waals surface area contributed by atoms with Crippen molar-refractivity contribution in [2.24, 2.45) is 0 Å². The molecular weight excluding hydrogens is 304 g/mol. The van der Waals surface area contributed by atoms with Crippen LogP contribution in [0.3, 0.4) is 0 Å². The number of hydrogen-bond donors (Lipinski definition) is 2. The van der Waals surface area contributed by atoms with Gasteiger partial charge in [-0.3, -0.25) is 4.79 Å². The second kappa shape index (κ2) is 8.01. The van der Waals surface area contributed by atoms with Gasteiger partial charge in [0, 0.05) is 12.2 Å². The fraction of sp³-hybridized carbons (Fsp3) is 0.529. The van der Waals surface area contributed by atoms with Crippen LogP contribution in [0.15, 0.2) is 12.1 Å². The van der Waals surface area contributed by atoms with Crippen LogP contribution in [0.4, 0.5) is 5.69 Å². The third kappa shape index (κ3) is 4.61. The van der Waals surface area contributed by atoms with E-state index in [0.717, 1.165) is 40.5 Å². The molecule has 1 aromatic carbocycles. The van der Waals surface area contributed by atoms with Crippen LogP contribution in [-0.4, -0.2) is 39.7 Å². The number of anilines is 1. The van der Waals surface area contributed by atoms with Crippen molar-refractivity contribution >= 4 is 11.6 Å². The smallest absolute Gasteiger partial charge is 0.279 e. The Kier molecular flexibility index (Phi) is 6.03. The van der Waals surface area contributed by atoms with Crippen molar-refractivity contribution < 1.29 is 9.69 Å². The number of quaternary nitrogens is 1. The largest absolute Gasteiger partial charge is 0.323 e. The standard InChI is InChI=1S/C17H26N6O/c1-6-7-23-15(19-20-21-23)10-22(5)11-16(24)18-17-13(3)8-12(2)9-14(17)4/h8-9H,6-7,10-11H2,1-5H3,(H,18,24)/p+1. The molecule has 130 valence electrons. The van der Waals surface area contributed by atoms with Gasteiger partial charge >= 0.3 is 0 Å². The highest BCUT2D eigenvalue weighted by Gasteiger charge is 2.16. The predicted molar refractivity (Wildman–Crippen MR) is 92.8 cm³/mol. The average molecular weight is 331 g/mol. The molecule has 2 aromatic rings. The van der Waals surface area contributed by atoms with Crippen LogP contribution in [-0.2, 0) is 17.9 Å². The number of amides is 1. The van der Waals surface area contributed by atoms with Crippen molar-refractivity contribution in [2.45, 2.75) is 47.2 Å². The molecule has 7 nitrogen and oxygen atoms in total. The summed E-state index contributed by atoms with van der Waals surface area (Å²) in [7, 11) is 1.97. The molecule has 1 unspecified atom stereocenters. The van der Waals surface area contributed by atoms with E-state index < -0.39 is 0 Å². The molecule has 0 fully saturated rings. The zero-order chi connectivity index (χ0) is 17.7. The molecule has 1 amide bonds. The Morgan fingerprint density at radius 2 is 1.92 bits per heavy atom. The number of rotatable bonds is 7. The number of hydrogen-bond acceptors (Lipinski definition) is 4. The lowest BCUT2D eigenvalue weighted by atomic mass is 10.1. The van der Waals surface area contributed by atoms with E-state index >= 15 is 0 Å². The van der Waals surface area contributed by atoms with Gasteiger partial charge in [0.2, 0.25) is 5.82 Å². The normalized spacial score (nSPS) is 12.2. The minimum absolute atomic E-state index is 0.00271. The van der Waals surface area contributed by atoms with Crippen LogP contribution in [0.1, 0.15) is 35.9 Å². The Balaban J connectivity index is 1.96. The van der Waals surface area contributed by atoms with Crippen molar-refractivity contribution in [3.8, 4) is 0 Å². The monoisotopic (exact) mass is 331 g/mol. The Labute approximate surface area is 143 Å². The van der Waals surface area contributed by atoms with E-state index in [1.165, 1.54) is 5.56 Å². The van der Waals surface area contributed by atoms with Gasteiger partial charge in [-0.25, -0.2) is 4.68 Å². The molecule has 0 bridgehead atoms. The van der Waals surface area contributed by atoms with Gasteiger partial charge in [-0.15, -0.1) is 5.10 Å². The lowest BCUT2D eigenvalue weighted by molar-refractivity contribution is -0.886. The highest BCUT2D eigenvalue weighted by atomic mass is 16.2. The summed E-state index contributed by atoms with van der Waals surface area (Å²) in [5, 5.41) is 14.8. The zero-order valence-corrected chi connectivity index (χ0v) is 15.2. The quantitative estimate of drug-likeness (QED) is 0.781. The van der Waals surface area contributed by atoms with E-state index in [-0.39, 0.29) is 5.91 Å². The number of benzene rings is 1. The van der Waals surface area contributed by atoms with Crippen LogP contribution in [0, 0.1) is 20.8 Å². The number of tetrazole rings is 1. The Morgan fingerprint density at radius 3 is 2.54 bits per heavy atom. The molecule has 1 atom stereocenters. The molecular formula is C17H27N6O+. The van der Waals surface area contributed by atoms with E-state index in [4.69, 9.17) is 0 Å². The number of aromatic nitrogens is 4. The first-order valence-electron chi connectivity index (χ1n) is 8.34. The van der Waals surface area contributed by atoms with E-state index in [1.807, 2.05) is 20.9 Å². The van der Waals surface area contributed by atoms with Crippen LogP contribution in [0.2, 0.25) is 0 Å². The molecule has 0 radical (unpaired) electrons. The SMILES string of the molecule is CCCn1nnnc1C[NH+](C)CC(=O)Nc1c(C)cc(C)cc1C. The topological polar surface area (TPSA) is 77.1 Å². The highest BCUT2D eigenvalue weighted by molar-refractivity contribution is 5.93. The Bertz CT molecular complexity index is 686. The Hall–Kier alpha value is -2.28. The number of likely N-dealkylation sites (N-methyl/N-ethyl adjacent to an activating group) is 1. The summed E-state index contributed by atoms with van der Waals surface area (Å²) >= 11 is 0. The van der Waals surface area contributed by atoms with Crippen molar-refractivity contribution in [1.82, 2.24) is 20.2 Å². The van der Waals surface area contributed by atoms with Gasteiger partial charge in [-0.2, -0.15) is 0 Å². The molecule has 24 heavy (non-hydrogen) atoms. The van der Waals surface area contributed by atoms with Gasteiger partial charge in [-0.1, -0.05) is 24.6 Å². The minimum atomic E-state index is -0.00271. The molecule has 0 aliphatic heterocycles. The van der Waals surface area contributed by atoms with Crippen molar-refractivity contribution in [3.63, 3.8) is 0 Å². The number of nitrogens with zero attached hydrogens (tertiary/aromatic N) is 4. The van der Waals surface area contributed by atoms with E-state index in [0.29, 0.717) is 13.1 Å². The summed E-state index contributed by atoms with van der Waals surface area (Å²) in [4.78, 5) is 13.4. The summed E-state index contributed by atoms with van der Waals surface area (Å²) in [5.41, 5.74) is 4.29. The molecule has 2 N–H and O–H groups in total. The third-order valence-corrected chi connectivity index (χ3v) is 3.91. The number of aryl methyl sites for hydroxylation is 4. The third-order valence-electron chi connectivity index (χ3n) is 3.91. The molecule has 0 saturated carbocycles. The van der Waals surface area contributed by atoms with Gasteiger partial charge in [0.15, 0.2) is 6.54 Å². The molecule has 0 spiro atoms. The summed E-state index contributed by atoms with van der Waals surface area (Å²) in [5.74, 6) is 0.807. The first-order chi connectivity index (χ1) is 11.4. The summed E-state index contributed by atoms with van der Waals surface area (Å²) in [6, 6.07) is 4.16. The molecule has 1 heterocycles. The van der Waals surface area contributed by atoms with Gasteiger partial charge in [0.05, 0.1) is 7.05 Å². The fourth-order valence-corrected chi connectivity index (χ4v) is 2.90. The van der Waals surface area contributed by atoms with Crippen LogP contribution < -0.4 is 10.2 Å². The van der Waals surface area contributed by atoms with Crippen LogP contribution in [0.25, 0.3) is 0 Å². The number of carbonyl (C=O) groups excluding carboxylic acids is 1. The van der Waals surface area contributed by atoms with Crippen LogP contribution in [0.5, 0.6) is 0 Å². The van der Waals surface area contributed by atoms with E-state index in [2.05, 4.69) is 46.8 Å². The summed E-state index contributed by atoms with van der Waals surface area (Å²) in [6.45, 7) is 9.96. The molecule has 0 aliphatic carbocycles. The minimum Gasteiger partial charge on any atom is -0.323 e.